The molecule has 3 N–H and O–H groups in total. The number of anilines is 1. The lowest BCUT2D eigenvalue weighted by molar-refractivity contribution is -0.130. The van der Waals surface area contributed by atoms with Crippen LogP contribution in [0.2, 0.25) is 0 Å². The van der Waals surface area contributed by atoms with E-state index in [4.69, 9.17) is 0 Å². The van der Waals surface area contributed by atoms with Gasteiger partial charge in [0.1, 0.15) is 11.6 Å². The summed E-state index contributed by atoms with van der Waals surface area (Å²) in [5.41, 5.74) is 0.567. The lowest BCUT2D eigenvalue weighted by Crippen LogP contribution is -2.57. The molecular weight excluding hydrogens is 405 g/mol. The number of hydrogen-bond acceptors (Lipinski definition) is 5. The van der Waals surface area contributed by atoms with Gasteiger partial charge in [0.25, 0.3) is 0 Å². The van der Waals surface area contributed by atoms with Crippen molar-refractivity contribution in [1.29, 1.82) is 0 Å². The molecule has 1 aliphatic rings. The number of nitrogens with one attached hydrogen (secondary N) is 3. The number of benzene rings is 1. The topological polar surface area (TPSA) is 88.1 Å². The van der Waals surface area contributed by atoms with Crippen molar-refractivity contribution in [3.05, 3.63) is 41.8 Å². The summed E-state index contributed by atoms with van der Waals surface area (Å²) in [6.07, 6.45) is -0.556. The molecule has 0 spiro atoms. The van der Waals surface area contributed by atoms with Crippen LogP contribution in [0, 0.1) is 11.7 Å². The van der Waals surface area contributed by atoms with Gasteiger partial charge in [0.05, 0.1) is 17.4 Å². The van der Waals surface area contributed by atoms with Crippen LogP contribution in [0.4, 0.5) is 10.2 Å². The molecular formula is C21H28FN5O2S. The standard InChI is InChI=1S/C21H28FN5O2S/c1-12-13(2)23-20(25-19(12)29)27-17(10-16(26-27)21(3,4)5)24-18(28)11-30-15-8-6-14(22)7-9-15/h6-10,12-13,20,23H,11H2,1-5H3,(H,24,28)(H,25,29). The van der Waals surface area contributed by atoms with E-state index in [2.05, 4.69) is 21.0 Å². The van der Waals surface area contributed by atoms with Crippen molar-refractivity contribution in [3.63, 3.8) is 0 Å². The van der Waals surface area contributed by atoms with E-state index in [1.165, 1.54) is 23.9 Å². The fourth-order valence-corrected chi connectivity index (χ4v) is 3.67. The number of hydrogen-bond donors (Lipinski definition) is 3. The second kappa shape index (κ2) is 8.77. The highest BCUT2D eigenvalue weighted by molar-refractivity contribution is 8.00. The summed E-state index contributed by atoms with van der Waals surface area (Å²) in [6.45, 7) is 9.91. The molecule has 2 heterocycles. The first-order valence-electron chi connectivity index (χ1n) is 9.89. The largest absolute Gasteiger partial charge is 0.322 e. The normalized spacial score (nSPS) is 21.9. The fourth-order valence-electron chi connectivity index (χ4n) is 2.97. The van der Waals surface area contributed by atoms with E-state index >= 15 is 0 Å². The Bertz CT molecular complexity index is 922. The van der Waals surface area contributed by atoms with Crippen molar-refractivity contribution in [2.24, 2.45) is 5.92 Å². The van der Waals surface area contributed by atoms with Crippen molar-refractivity contribution in [2.75, 3.05) is 11.1 Å². The van der Waals surface area contributed by atoms with Crippen molar-refractivity contribution >= 4 is 29.4 Å². The van der Waals surface area contributed by atoms with Gasteiger partial charge in [-0.15, -0.1) is 11.8 Å². The van der Waals surface area contributed by atoms with E-state index in [9.17, 15) is 14.0 Å². The van der Waals surface area contributed by atoms with E-state index in [1.807, 2.05) is 40.7 Å². The molecule has 0 bridgehead atoms. The zero-order valence-corrected chi connectivity index (χ0v) is 18.6. The molecule has 1 aromatic carbocycles. The van der Waals surface area contributed by atoms with Crippen LogP contribution in [0.1, 0.15) is 46.6 Å². The van der Waals surface area contributed by atoms with E-state index in [-0.39, 0.29) is 40.8 Å². The van der Waals surface area contributed by atoms with Crippen molar-refractivity contribution in [2.45, 2.75) is 57.3 Å². The van der Waals surface area contributed by atoms with Gasteiger partial charge in [0.15, 0.2) is 6.29 Å². The molecule has 3 unspecified atom stereocenters. The molecule has 162 valence electrons. The predicted molar refractivity (Wildman–Crippen MR) is 116 cm³/mol. The highest BCUT2D eigenvalue weighted by atomic mass is 32.2. The van der Waals surface area contributed by atoms with Crippen LogP contribution < -0.4 is 16.0 Å². The highest BCUT2D eigenvalue weighted by Crippen LogP contribution is 2.27. The highest BCUT2D eigenvalue weighted by Gasteiger charge is 2.33. The Kier molecular flexibility index (Phi) is 6.52. The summed E-state index contributed by atoms with van der Waals surface area (Å²) >= 11 is 1.32. The average Bonchev–Trinajstić information content (AvgIpc) is 3.09. The molecule has 7 nitrogen and oxygen atoms in total. The Labute approximate surface area is 180 Å². The smallest absolute Gasteiger partial charge is 0.235 e. The van der Waals surface area contributed by atoms with Gasteiger partial charge in [0.2, 0.25) is 11.8 Å². The maximum absolute atomic E-state index is 13.0. The Morgan fingerprint density at radius 3 is 2.53 bits per heavy atom. The van der Waals surface area contributed by atoms with Gasteiger partial charge in [-0.2, -0.15) is 5.10 Å². The number of aromatic nitrogens is 2. The van der Waals surface area contributed by atoms with Crippen LogP contribution in [0.3, 0.4) is 0 Å². The zero-order valence-electron chi connectivity index (χ0n) is 17.8. The second-order valence-corrected chi connectivity index (χ2v) is 9.60. The lowest BCUT2D eigenvalue weighted by atomic mass is 9.92. The number of amides is 2. The second-order valence-electron chi connectivity index (χ2n) is 8.56. The summed E-state index contributed by atoms with van der Waals surface area (Å²) in [7, 11) is 0. The summed E-state index contributed by atoms with van der Waals surface area (Å²) < 4.78 is 14.7. The minimum Gasteiger partial charge on any atom is -0.322 e. The summed E-state index contributed by atoms with van der Waals surface area (Å²) in [5.74, 6) is -0.0848. The van der Waals surface area contributed by atoms with Crippen LogP contribution in [0.5, 0.6) is 0 Å². The molecule has 0 aliphatic carbocycles. The molecule has 2 amide bonds. The van der Waals surface area contributed by atoms with Crippen molar-refractivity contribution in [3.8, 4) is 0 Å². The Morgan fingerprint density at radius 2 is 1.93 bits per heavy atom. The molecule has 1 fully saturated rings. The molecule has 3 atom stereocenters. The van der Waals surface area contributed by atoms with E-state index < -0.39 is 6.29 Å². The van der Waals surface area contributed by atoms with Gasteiger partial charge < -0.3 is 10.6 Å². The molecule has 1 aliphatic heterocycles. The monoisotopic (exact) mass is 433 g/mol. The molecule has 30 heavy (non-hydrogen) atoms. The van der Waals surface area contributed by atoms with Crippen LogP contribution in [0.15, 0.2) is 35.2 Å². The summed E-state index contributed by atoms with van der Waals surface area (Å²) in [5, 5.41) is 13.8. The number of nitrogens with zero attached hydrogens (tertiary/aromatic N) is 2. The van der Waals surface area contributed by atoms with E-state index in [0.29, 0.717) is 5.82 Å². The third-order valence-electron chi connectivity index (χ3n) is 5.06. The SMILES string of the molecule is CC1NC(n2nc(C(C)(C)C)cc2NC(=O)CSc2ccc(F)cc2)NC(=O)C1C. The number of rotatable bonds is 5. The first kappa shape index (κ1) is 22.3. The van der Waals surface area contributed by atoms with Crippen LogP contribution >= 0.6 is 11.8 Å². The van der Waals surface area contributed by atoms with E-state index in [1.54, 1.807) is 16.8 Å². The summed E-state index contributed by atoms with van der Waals surface area (Å²) in [4.78, 5) is 25.7. The van der Waals surface area contributed by atoms with Gasteiger partial charge in [-0.25, -0.2) is 9.07 Å². The van der Waals surface area contributed by atoms with Gasteiger partial charge in [0, 0.05) is 22.4 Å². The van der Waals surface area contributed by atoms with Crippen LogP contribution in [0.25, 0.3) is 0 Å². The zero-order chi connectivity index (χ0) is 22.1. The lowest BCUT2D eigenvalue weighted by Gasteiger charge is -2.34. The maximum Gasteiger partial charge on any atom is 0.235 e. The van der Waals surface area contributed by atoms with Crippen LogP contribution in [-0.2, 0) is 15.0 Å². The molecule has 1 aromatic heterocycles. The number of carbonyl (C=O) groups excluding carboxylic acids is 2. The Balaban J connectivity index is 1.77. The minimum atomic E-state index is -0.556. The van der Waals surface area contributed by atoms with E-state index in [0.717, 1.165) is 10.6 Å². The van der Waals surface area contributed by atoms with Gasteiger partial charge in [-0.3, -0.25) is 14.9 Å². The molecule has 2 aromatic rings. The van der Waals surface area contributed by atoms with Gasteiger partial charge >= 0.3 is 0 Å². The number of thioether (sulfide) groups is 1. The molecule has 1 saturated heterocycles. The minimum absolute atomic E-state index is 0.0383. The van der Waals surface area contributed by atoms with Gasteiger partial charge in [-0.05, 0) is 31.2 Å². The third kappa shape index (κ3) is 5.20. The third-order valence-corrected chi connectivity index (χ3v) is 6.08. The average molecular weight is 434 g/mol. The molecule has 0 radical (unpaired) electrons. The number of carbonyl (C=O) groups is 2. The molecule has 0 saturated carbocycles. The first-order valence-corrected chi connectivity index (χ1v) is 10.9. The Hall–Kier alpha value is -2.39. The quantitative estimate of drug-likeness (QED) is 0.630. The van der Waals surface area contributed by atoms with Gasteiger partial charge in [-0.1, -0.05) is 27.7 Å². The fraction of sp³-hybridized carbons (Fsp3) is 0.476. The first-order chi connectivity index (χ1) is 14.0. The molecule has 9 heteroatoms. The van der Waals surface area contributed by atoms with Crippen LogP contribution in [-0.4, -0.2) is 33.4 Å². The van der Waals surface area contributed by atoms with Crippen molar-refractivity contribution in [1.82, 2.24) is 20.4 Å². The summed E-state index contributed by atoms with van der Waals surface area (Å²) in [6, 6.07) is 7.80. The number of halogens is 1. The molecule has 3 rings (SSSR count). The Morgan fingerprint density at radius 1 is 1.27 bits per heavy atom. The maximum atomic E-state index is 13.0. The van der Waals surface area contributed by atoms with Crippen molar-refractivity contribution < 1.29 is 14.0 Å². The predicted octanol–water partition coefficient (Wildman–Crippen LogP) is 3.25.